The predicted molar refractivity (Wildman–Crippen MR) is 76.8 cm³/mol. The molecule has 96 valence electrons. The van der Waals surface area contributed by atoms with E-state index in [4.69, 9.17) is 4.42 Å². The topological polar surface area (TPSA) is 25.2 Å². The molecule has 1 aromatic heterocycles. The molecule has 0 saturated heterocycles. The summed E-state index contributed by atoms with van der Waals surface area (Å²) in [5.41, 5.74) is 3.28. The molecule has 2 heteroatoms. The summed E-state index contributed by atoms with van der Waals surface area (Å²) in [6.45, 7) is 11.3. The zero-order valence-corrected chi connectivity index (χ0v) is 11.4. The summed E-state index contributed by atoms with van der Waals surface area (Å²) in [5.74, 6) is 0.955. The highest BCUT2D eigenvalue weighted by Crippen LogP contribution is 2.28. The number of hydrogen-bond donors (Lipinski definition) is 1. The summed E-state index contributed by atoms with van der Waals surface area (Å²) in [5, 5.41) is 4.63. The lowest BCUT2D eigenvalue weighted by Crippen LogP contribution is -2.22. The van der Waals surface area contributed by atoms with E-state index in [2.05, 4.69) is 43.9 Å². The molecule has 0 amide bonds. The molecule has 0 aliphatic heterocycles. The van der Waals surface area contributed by atoms with Gasteiger partial charge in [0.2, 0.25) is 0 Å². The van der Waals surface area contributed by atoms with Crippen LogP contribution in [-0.4, -0.2) is 6.54 Å². The van der Waals surface area contributed by atoms with Crippen molar-refractivity contribution < 1.29 is 4.42 Å². The van der Waals surface area contributed by atoms with Crippen molar-refractivity contribution in [2.45, 2.75) is 33.2 Å². The molecule has 0 radical (unpaired) electrons. The first-order chi connectivity index (χ1) is 8.61. The van der Waals surface area contributed by atoms with Crippen LogP contribution in [0.25, 0.3) is 11.0 Å². The van der Waals surface area contributed by atoms with Crippen LogP contribution in [0.1, 0.15) is 37.6 Å². The molecule has 1 unspecified atom stereocenters. The van der Waals surface area contributed by atoms with E-state index in [9.17, 15) is 0 Å². The van der Waals surface area contributed by atoms with Crippen LogP contribution in [-0.2, 0) is 0 Å². The van der Waals surface area contributed by atoms with Crippen molar-refractivity contribution in [3.63, 3.8) is 0 Å². The lowest BCUT2D eigenvalue weighted by atomic mass is 10.1. The number of nitrogens with one attached hydrogen (secondary N) is 1. The summed E-state index contributed by atoms with van der Waals surface area (Å²) in [6, 6.07) is 8.48. The molecule has 1 heterocycles. The van der Waals surface area contributed by atoms with Gasteiger partial charge in [0, 0.05) is 5.39 Å². The molecule has 0 fully saturated rings. The SMILES string of the molecule is C=C(C)C(NCCC)c1cc2cc(C)ccc2o1. The standard InChI is InChI=1S/C16H21NO/c1-5-8-17-16(11(2)3)15-10-13-9-12(4)6-7-14(13)18-15/h6-7,9-10,16-17H,2,5,8H2,1,3-4H3. The van der Waals surface area contributed by atoms with Gasteiger partial charge in [0.05, 0.1) is 6.04 Å². The number of furan rings is 1. The Balaban J connectivity index is 2.35. The number of fused-ring (bicyclic) bond motifs is 1. The first-order valence-electron chi connectivity index (χ1n) is 6.50. The number of rotatable bonds is 5. The minimum Gasteiger partial charge on any atom is -0.459 e. The lowest BCUT2D eigenvalue weighted by molar-refractivity contribution is 0.465. The molecule has 0 aliphatic carbocycles. The maximum Gasteiger partial charge on any atom is 0.134 e. The van der Waals surface area contributed by atoms with E-state index in [1.807, 2.05) is 13.0 Å². The Kier molecular flexibility index (Phi) is 3.87. The van der Waals surface area contributed by atoms with Crippen LogP contribution in [0.5, 0.6) is 0 Å². The van der Waals surface area contributed by atoms with Gasteiger partial charge in [0.1, 0.15) is 11.3 Å². The number of hydrogen-bond acceptors (Lipinski definition) is 2. The Morgan fingerprint density at radius 2 is 2.17 bits per heavy atom. The number of aryl methyl sites for hydroxylation is 1. The Bertz CT molecular complexity index is 553. The van der Waals surface area contributed by atoms with Gasteiger partial charge < -0.3 is 9.73 Å². The molecular formula is C16H21NO. The molecular weight excluding hydrogens is 222 g/mol. The third-order valence-corrected chi connectivity index (χ3v) is 3.07. The Morgan fingerprint density at radius 3 is 2.83 bits per heavy atom. The maximum atomic E-state index is 5.92. The molecule has 0 bridgehead atoms. The van der Waals surface area contributed by atoms with Crippen molar-refractivity contribution in [1.82, 2.24) is 5.32 Å². The van der Waals surface area contributed by atoms with Crippen LogP contribution in [0.15, 0.2) is 40.8 Å². The van der Waals surface area contributed by atoms with Gasteiger partial charge in [-0.05, 0) is 45.0 Å². The van der Waals surface area contributed by atoms with Crippen LogP contribution in [0, 0.1) is 6.92 Å². The van der Waals surface area contributed by atoms with E-state index >= 15 is 0 Å². The van der Waals surface area contributed by atoms with Gasteiger partial charge in [-0.3, -0.25) is 0 Å². The van der Waals surface area contributed by atoms with E-state index in [1.165, 1.54) is 5.56 Å². The predicted octanol–water partition coefficient (Wildman–Crippen LogP) is 4.36. The third kappa shape index (κ3) is 2.65. The monoisotopic (exact) mass is 243 g/mol. The Hall–Kier alpha value is -1.54. The average molecular weight is 243 g/mol. The van der Waals surface area contributed by atoms with Gasteiger partial charge >= 0.3 is 0 Å². The lowest BCUT2D eigenvalue weighted by Gasteiger charge is -2.15. The van der Waals surface area contributed by atoms with Gasteiger partial charge in [-0.15, -0.1) is 0 Å². The van der Waals surface area contributed by atoms with Crippen molar-refractivity contribution in [1.29, 1.82) is 0 Å². The van der Waals surface area contributed by atoms with Crippen molar-refractivity contribution >= 4 is 11.0 Å². The summed E-state index contributed by atoms with van der Waals surface area (Å²) in [4.78, 5) is 0. The van der Waals surface area contributed by atoms with Crippen LogP contribution in [0.2, 0.25) is 0 Å². The molecule has 1 N–H and O–H groups in total. The molecule has 1 aromatic carbocycles. The first-order valence-corrected chi connectivity index (χ1v) is 6.50. The van der Waals surface area contributed by atoms with E-state index in [0.717, 1.165) is 35.3 Å². The Morgan fingerprint density at radius 1 is 1.39 bits per heavy atom. The van der Waals surface area contributed by atoms with Gasteiger partial charge in [-0.2, -0.15) is 0 Å². The number of benzene rings is 1. The molecule has 18 heavy (non-hydrogen) atoms. The summed E-state index contributed by atoms with van der Waals surface area (Å²) in [7, 11) is 0. The molecule has 0 saturated carbocycles. The van der Waals surface area contributed by atoms with E-state index in [0.29, 0.717) is 0 Å². The Labute approximate surface area is 109 Å². The summed E-state index contributed by atoms with van der Waals surface area (Å²) >= 11 is 0. The van der Waals surface area contributed by atoms with E-state index in [-0.39, 0.29) is 6.04 Å². The fraction of sp³-hybridized carbons (Fsp3) is 0.375. The fourth-order valence-electron chi connectivity index (χ4n) is 2.13. The van der Waals surface area contributed by atoms with E-state index in [1.54, 1.807) is 0 Å². The van der Waals surface area contributed by atoms with E-state index < -0.39 is 0 Å². The second kappa shape index (κ2) is 5.40. The third-order valence-electron chi connectivity index (χ3n) is 3.07. The maximum absolute atomic E-state index is 5.92. The minimum absolute atomic E-state index is 0.109. The molecule has 0 spiro atoms. The quantitative estimate of drug-likeness (QED) is 0.789. The van der Waals surface area contributed by atoms with Crippen LogP contribution in [0.3, 0.4) is 0 Å². The van der Waals surface area contributed by atoms with Crippen LogP contribution in [0.4, 0.5) is 0 Å². The van der Waals surface area contributed by atoms with Gasteiger partial charge in [-0.1, -0.05) is 30.7 Å². The van der Waals surface area contributed by atoms with Crippen molar-refractivity contribution in [3.05, 3.63) is 47.7 Å². The largest absolute Gasteiger partial charge is 0.459 e. The molecule has 0 aliphatic rings. The van der Waals surface area contributed by atoms with Gasteiger partial charge in [0.25, 0.3) is 0 Å². The van der Waals surface area contributed by atoms with Crippen molar-refractivity contribution in [2.75, 3.05) is 6.54 Å². The average Bonchev–Trinajstić information content (AvgIpc) is 2.71. The highest BCUT2D eigenvalue weighted by molar-refractivity contribution is 5.78. The zero-order valence-electron chi connectivity index (χ0n) is 11.4. The molecule has 1 atom stereocenters. The molecule has 2 nitrogen and oxygen atoms in total. The molecule has 2 rings (SSSR count). The summed E-state index contributed by atoms with van der Waals surface area (Å²) < 4.78 is 5.92. The first kappa shape index (κ1) is 12.9. The van der Waals surface area contributed by atoms with Crippen molar-refractivity contribution in [3.8, 4) is 0 Å². The van der Waals surface area contributed by atoms with Crippen molar-refractivity contribution in [2.24, 2.45) is 0 Å². The normalized spacial score (nSPS) is 12.8. The minimum atomic E-state index is 0.109. The van der Waals surface area contributed by atoms with Crippen LogP contribution < -0.4 is 5.32 Å². The van der Waals surface area contributed by atoms with Gasteiger partial charge in [0.15, 0.2) is 0 Å². The second-order valence-electron chi connectivity index (χ2n) is 4.92. The van der Waals surface area contributed by atoms with Crippen LogP contribution >= 0.6 is 0 Å². The zero-order chi connectivity index (χ0) is 13.1. The molecule has 2 aromatic rings. The second-order valence-corrected chi connectivity index (χ2v) is 4.92. The highest BCUT2D eigenvalue weighted by Gasteiger charge is 2.16. The highest BCUT2D eigenvalue weighted by atomic mass is 16.3. The van der Waals surface area contributed by atoms with Gasteiger partial charge in [-0.25, -0.2) is 0 Å². The smallest absolute Gasteiger partial charge is 0.134 e. The fourth-order valence-corrected chi connectivity index (χ4v) is 2.13. The summed E-state index contributed by atoms with van der Waals surface area (Å²) in [6.07, 6.45) is 1.10.